The maximum Gasteiger partial charge on any atom is 0.305 e. The number of methoxy groups -OCH3 is 1. The number of ether oxygens (including phenoxy) is 1. The van der Waals surface area contributed by atoms with Crippen LogP contribution in [0.3, 0.4) is 0 Å². The smallest absolute Gasteiger partial charge is 0.305 e. The van der Waals surface area contributed by atoms with Crippen molar-refractivity contribution in [2.24, 2.45) is 0 Å². The van der Waals surface area contributed by atoms with Crippen LogP contribution in [0.1, 0.15) is 22.3 Å². The van der Waals surface area contributed by atoms with Crippen LogP contribution in [0.15, 0.2) is 24.3 Å². The maximum absolute atomic E-state index is 11.7. The van der Waals surface area contributed by atoms with Crippen LogP contribution in [-0.4, -0.2) is 38.0 Å². The molecule has 0 aromatic heterocycles. The highest BCUT2D eigenvalue weighted by Crippen LogP contribution is 2.09. The van der Waals surface area contributed by atoms with Crippen LogP contribution >= 0.6 is 0 Å². The van der Waals surface area contributed by atoms with Gasteiger partial charge in [-0.05, 0) is 24.1 Å². The van der Waals surface area contributed by atoms with E-state index in [1.165, 1.54) is 12.0 Å². The largest absolute Gasteiger partial charge is 0.469 e. The topological polar surface area (TPSA) is 46.6 Å². The van der Waals surface area contributed by atoms with E-state index in [9.17, 15) is 9.59 Å². The third kappa shape index (κ3) is 3.90. The number of nitrogens with zero attached hydrogens (tertiary/aromatic N) is 1. The first-order chi connectivity index (χ1) is 8.04. The molecule has 0 fully saturated rings. The van der Waals surface area contributed by atoms with Crippen molar-refractivity contribution in [3.8, 4) is 0 Å². The highest BCUT2D eigenvalue weighted by atomic mass is 16.5. The summed E-state index contributed by atoms with van der Waals surface area (Å²) in [7, 11) is 4.79. The summed E-state index contributed by atoms with van der Waals surface area (Å²) in [4.78, 5) is 24.3. The normalized spacial score (nSPS) is 9.82. The highest BCUT2D eigenvalue weighted by Gasteiger charge is 2.08. The molecule has 92 valence electrons. The first-order valence-electron chi connectivity index (χ1n) is 5.42. The molecule has 0 saturated heterocycles. The molecule has 0 unspecified atom stereocenters. The number of hydrogen-bond donors (Lipinski definition) is 0. The average molecular weight is 235 g/mol. The van der Waals surface area contributed by atoms with Crippen LogP contribution in [-0.2, 0) is 16.0 Å². The van der Waals surface area contributed by atoms with Gasteiger partial charge in [0.15, 0.2) is 0 Å². The number of rotatable bonds is 4. The van der Waals surface area contributed by atoms with Crippen molar-refractivity contribution in [1.29, 1.82) is 0 Å². The molecule has 0 spiro atoms. The maximum atomic E-state index is 11.7. The van der Waals surface area contributed by atoms with Gasteiger partial charge < -0.3 is 9.64 Å². The van der Waals surface area contributed by atoms with E-state index in [0.717, 1.165) is 5.56 Å². The Hall–Kier alpha value is -1.84. The van der Waals surface area contributed by atoms with Crippen molar-refractivity contribution in [1.82, 2.24) is 4.90 Å². The van der Waals surface area contributed by atoms with Crippen LogP contribution in [0.2, 0.25) is 0 Å². The number of amides is 1. The molecule has 17 heavy (non-hydrogen) atoms. The number of esters is 1. The van der Waals surface area contributed by atoms with Gasteiger partial charge in [0.1, 0.15) is 0 Å². The van der Waals surface area contributed by atoms with Crippen LogP contribution in [0.4, 0.5) is 0 Å². The molecule has 1 amide bonds. The average Bonchev–Trinajstić information content (AvgIpc) is 2.35. The summed E-state index contributed by atoms with van der Waals surface area (Å²) in [6.45, 7) is 0. The van der Waals surface area contributed by atoms with Gasteiger partial charge in [-0.15, -0.1) is 0 Å². The van der Waals surface area contributed by atoms with E-state index in [1.807, 2.05) is 18.2 Å². The SMILES string of the molecule is COC(=O)CCc1cccc(C(=O)N(C)C)c1. The molecule has 1 aromatic carbocycles. The number of aryl methyl sites for hydroxylation is 1. The summed E-state index contributed by atoms with van der Waals surface area (Å²) in [5.74, 6) is -0.278. The zero-order valence-electron chi connectivity index (χ0n) is 10.4. The molecule has 0 bridgehead atoms. The summed E-state index contributed by atoms with van der Waals surface area (Å²) in [5, 5.41) is 0. The molecule has 0 radical (unpaired) electrons. The van der Waals surface area contributed by atoms with E-state index >= 15 is 0 Å². The lowest BCUT2D eigenvalue weighted by Gasteiger charge is -2.11. The van der Waals surface area contributed by atoms with Gasteiger partial charge in [-0.2, -0.15) is 0 Å². The van der Waals surface area contributed by atoms with Crippen LogP contribution < -0.4 is 0 Å². The molecule has 0 saturated carbocycles. The van der Waals surface area contributed by atoms with Crippen molar-refractivity contribution < 1.29 is 14.3 Å². The van der Waals surface area contributed by atoms with Gasteiger partial charge in [0, 0.05) is 26.1 Å². The van der Waals surface area contributed by atoms with Crippen LogP contribution in [0.25, 0.3) is 0 Å². The number of carbonyl (C=O) groups is 2. The van der Waals surface area contributed by atoms with Gasteiger partial charge in [0.2, 0.25) is 0 Å². The van der Waals surface area contributed by atoms with Gasteiger partial charge in [0.05, 0.1) is 7.11 Å². The monoisotopic (exact) mass is 235 g/mol. The van der Waals surface area contributed by atoms with Gasteiger partial charge >= 0.3 is 5.97 Å². The zero-order valence-corrected chi connectivity index (χ0v) is 10.4. The summed E-state index contributed by atoms with van der Waals surface area (Å²) in [6.07, 6.45) is 0.914. The number of carbonyl (C=O) groups excluding carboxylic acids is 2. The fraction of sp³-hybridized carbons (Fsp3) is 0.385. The van der Waals surface area contributed by atoms with E-state index in [4.69, 9.17) is 0 Å². The van der Waals surface area contributed by atoms with E-state index in [1.54, 1.807) is 20.2 Å². The molecule has 0 aliphatic carbocycles. The van der Waals surface area contributed by atoms with Gasteiger partial charge in [0.25, 0.3) is 5.91 Å². The molecule has 4 heteroatoms. The number of hydrogen-bond acceptors (Lipinski definition) is 3. The minimum absolute atomic E-state index is 0.0371. The molecular weight excluding hydrogens is 218 g/mol. The van der Waals surface area contributed by atoms with E-state index < -0.39 is 0 Å². The first-order valence-corrected chi connectivity index (χ1v) is 5.42. The minimum atomic E-state index is -0.241. The van der Waals surface area contributed by atoms with E-state index in [2.05, 4.69) is 4.74 Å². The van der Waals surface area contributed by atoms with E-state index in [-0.39, 0.29) is 11.9 Å². The second kappa shape index (κ2) is 6.03. The second-order valence-electron chi connectivity index (χ2n) is 3.98. The fourth-order valence-electron chi connectivity index (χ4n) is 1.47. The van der Waals surface area contributed by atoms with Crippen molar-refractivity contribution >= 4 is 11.9 Å². The zero-order chi connectivity index (χ0) is 12.8. The third-order valence-electron chi connectivity index (χ3n) is 2.43. The van der Waals surface area contributed by atoms with Crippen molar-refractivity contribution in [3.63, 3.8) is 0 Å². The molecule has 0 heterocycles. The second-order valence-corrected chi connectivity index (χ2v) is 3.98. The predicted octanol–water partition coefficient (Wildman–Crippen LogP) is 1.49. The molecule has 1 aromatic rings. The lowest BCUT2D eigenvalue weighted by atomic mass is 10.1. The first kappa shape index (κ1) is 13.2. The summed E-state index contributed by atoms with van der Waals surface area (Å²) in [6, 6.07) is 7.30. The summed E-state index contributed by atoms with van der Waals surface area (Å²) >= 11 is 0. The Bertz CT molecular complexity index is 413. The van der Waals surface area contributed by atoms with Gasteiger partial charge in [-0.1, -0.05) is 12.1 Å². The molecule has 1 rings (SSSR count). The molecule has 0 aliphatic heterocycles. The molecular formula is C13H17NO3. The molecule has 0 atom stereocenters. The standard InChI is InChI=1S/C13H17NO3/c1-14(2)13(16)11-6-4-5-10(9-11)7-8-12(15)17-3/h4-6,9H,7-8H2,1-3H3. The van der Waals surface area contributed by atoms with E-state index in [0.29, 0.717) is 18.4 Å². The Morgan fingerprint density at radius 3 is 2.59 bits per heavy atom. The lowest BCUT2D eigenvalue weighted by Crippen LogP contribution is -2.21. The Balaban J connectivity index is 2.72. The van der Waals surface area contributed by atoms with Crippen molar-refractivity contribution in [2.45, 2.75) is 12.8 Å². The Morgan fingerprint density at radius 1 is 1.29 bits per heavy atom. The molecule has 0 aliphatic rings. The highest BCUT2D eigenvalue weighted by molar-refractivity contribution is 5.94. The summed E-state index contributed by atoms with van der Waals surface area (Å²) in [5.41, 5.74) is 1.60. The van der Waals surface area contributed by atoms with Crippen molar-refractivity contribution in [2.75, 3.05) is 21.2 Å². The predicted molar refractivity (Wildman–Crippen MR) is 64.8 cm³/mol. The third-order valence-corrected chi connectivity index (χ3v) is 2.43. The Morgan fingerprint density at radius 2 is 2.00 bits per heavy atom. The quantitative estimate of drug-likeness (QED) is 0.743. The lowest BCUT2D eigenvalue weighted by molar-refractivity contribution is -0.140. The molecule has 0 N–H and O–H groups in total. The Kier molecular flexibility index (Phi) is 4.69. The Labute approximate surface area is 101 Å². The van der Waals surface area contributed by atoms with Crippen molar-refractivity contribution in [3.05, 3.63) is 35.4 Å². The molecule has 4 nitrogen and oxygen atoms in total. The van der Waals surface area contributed by atoms with Gasteiger partial charge in [-0.3, -0.25) is 9.59 Å². The number of benzene rings is 1. The summed E-state index contributed by atoms with van der Waals surface area (Å²) < 4.78 is 4.57. The minimum Gasteiger partial charge on any atom is -0.469 e. The van der Waals surface area contributed by atoms with Crippen LogP contribution in [0, 0.1) is 0 Å². The van der Waals surface area contributed by atoms with Crippen LogP contribution in [0.5, 0.6) is 0 Å². The fourth-order valence-corrected chi connectivity index (χ4v) is 1.47. The van der Waals surface area contributed by atoms with Gasteiger partial charge in [-0.25, -0.2) is 0 Å².